The van der Waals surface area contributed by atoms with Crippen LogP contribution in [0.5, 0.6) is 0 Å². The number of fused-ring (bicyclic) bond motifs is 14. The topological polar surface area (TPSA) is 58.4 Å². The fraction of sp³-hybridized carbons (Fsp3) is 0.0429. The molecule has 7 heteroatoms. The van der Waals surface area contributed by atoms with Crippen LogP contribution in [0.2, 0.25) is 0 Å². The van der Waals surface area contributed by atoms with Gasteiger partial charge in [0.15, 0.2) is 5.82 Å². The highest BCUT2D eigenvalue weighted by atomic mass is 15.3. The monoisotopic (exact) mass is 985 g/mol. The fourth-order valence-corrected chi connectivity index (χ4v) is 12.8. The van der Waals surface area contributed by atoms with Crippen molar-refractivity contribution < 1.29 is 0 Å². The molecule has 1 atom stereocenters. The van der Waals surface area contributed by atoms with Crippen LogP contribution in [-0.4, -0.2) is 33.2 Å². The van der Waals surface area contributed by atoms with Gasteiger partial charge in [-0.15, -0.1) is 0 Å². The van der Waals surface area contributed by atoms with Crippen molar-refractivity contribution >= 4 is 98.5 Å². The van der Waals surface area contributed by atoms with E-state index < -0.39 is 0 Å². The van der Waals surface area contributed by atoms with Crippen molar-refractivity contribution in [3.63, 3.8) is 0 Å². The Hall–Kier alpha value is -10.1. The van der Waals surface area contributed by atoms with Gasteiger partial charge < -0.3 is 9.13 Å². The first-order valence-electron chi connectivity index (χ1n) is 26.4. The van der Waals surface area contributed by atoms with Crippen molar-refractivity contribution in [2.45, 2.75) is 18.8 Å². The van der Waals surface area contributed by atoms with Crippen molar-refractivity contribution in [2.24, 2.45) is 0 Å². The lowest BCUT2D eigenvalue weighted by atomic mass is 9.73. The number of rotatable bonds is 7. The predicted octanol–water partition coefficient (Wildman–Crippen LogP) is 17.2. The van der Waals surface area contributed by atoms with E-state index in [1.165, 1.54) is 44.1 Å². The Kier molecular flexibility index (Phi) is 9.39. The van der Waals surface area contributed by atoms with Crippen molar-refractivity contribution in [3.8, 4) is 29.0 Å². The second-order valence-electron chi connectivity index (χ2n) is 20.6. The van der Waals surface area contributed by atoms with Crippen LogP contribution < -0.4 is 0 Å². The van der Waals surface area contributed by atoms with Crippen LogP contribution in [0.4, 0.5) is 0 Å². The smallest absolute Gasteiger partial charge is 0.240 e. The maximum absolute atomic E-state index is 5.71. The molecule has 5 aromatic heterocycles. The molecule has 0 fully saturated rings. The summed E-state index contributed by atoms with van der Waals surface area (Å²) in [5.74, 6) is 1.65. The van der Waals surface area contributed by atoms with Gasteiger partial charge in [-0.05, 0) is 65.2 Å². The number of benzene rings is 10. The van der Waals surface area contributed by atoms with Gasteiger partial charge in [0.1, 0.15) is 0 Å². The van der Waals surface area contributed by atoms with Crippen LogP contribution in [0.25, 0.3) is 127 Å². The van der Waals surface area contributed by atoms with Gasteiger partial charge in [-0.2, -0.15) is 15.0 Å². The van der Waals surface area contributed by atoms with Gasteiger partial charge in [-0.25, -0.2) is 0 Å². The zero-order valence-electron chi connectivity index (χ0n) is 42.1. The third kappa shape index (κ3) is 6.47. The molecule has 1 aliphatic carbocycles. The molecule has 0 N–H and O–H groups in total. The minimum atomic E-state index is -0.293. The van der Waals surface area contributed by atoms with E-state index in [0.29, 0.717) is 17.7 Å². The molecule has 0 saturated carbocycles. The molecule has 1 unspecified atom stereocenters. The van der Waals surface area contributed by atoms with Crippen LogP contribution in [0.15, 0.2) is 255 Å². The summed E-state index contributed by atoms with van der Waals surface area (Å²) in [5.41, 5.74) is 15.2. The van der Waals surface area contributed by atoms with Crippen LogP contribution in [0, 0.1) is 0 Å². The van der Waals surface area contributed by atoms with Crippen LogP contribution in [0.1, 0.15) is 24.5 Å². The van der Waals surface area contributed by atoms with Crippen molar-refractivity contribution in [1.29, 1.82) is 0 Å². The van der Waals surface area contributed by atoms with Gasteiger partial charge in [-0.3, -0.25) is 9.13 Å². The molecule has 5 heterocycles. The highest BCUT2D eigenvalue weighted by Gasteiger charge is 2.33. The lowest BCUT2D eigenvalue weighted by molar-refractivity contribution is 0.601. The lowest BCUT2D eigenvalue weighted by Gasteiger charge is -2.33. The van der Waals surface area contributed by atoms with E-state index in [-0.39, 0.29) is 5.41 Å². The van der Waals surface area contributed by atoms with E-state index in [2.05, 4.69) is 274 Å². The standard InChI is InChI=1S/C70H47N7/c1-70(48-26-10-4-11-27-48)43-47(45-22-6-2-7-23-45)42-50(44-70)75-59-35-19-14-30-51(59)54-40-41-62-63(64(54)75)57-33-17-21-37-61(57)76(62)68-71-67(46-24-8-3-9-25-46)72-69(73-68)77-60-36-20-16-32-53(60)56-39-38-55-52-31-15-18-34-58(52)74(65(55)66(56)77)49-28-12-5-13-29-49/h2-43H,44H2,1H3. The second kappa shape index (κ2) is 16.7. The van der Waals surface area contributed by atoms with Crippen LogP contribution in [-0.2, 0) is 5.41 Å². The molecule has 0 spiro atoms. The molecule has 15 aromatic rings. The summed E-state index contributed by atoms with van der Waals surface area (Å²) in [4.78, 5) is 16.7. The first kappa shape index (κ1) is 43.3. The average Bonchev–Trinajstić information content (AvgIpc) is 4.34. The molecule has 77 heavy (non-hydrogen) atoms. The molecule has 0 saturated heterocycles. The van der Waals surface area contributed by atoms with E-state index in [1.54, 1.807) is 0 Å². The Balaban J connectivity index is 1.01. The second-order valence-corrected chi connectivity index (χ2v) is 20.6. The maximum Gasteiger partial charge on any atom is 0.240 e. The molecule has 0 aliphatic heterocycles. The molecular weight excluding hydrogens is 939 g/mol. The zero-order chi connectivity index (χ0) is 50.8. The third-order valence-corrected chi connectivity index (χ3v) is 16.2. The minimum absolute atomic E-state index is 0.293. The first-order valence-corrected chi connectivity index (χ1v) is 26.4. The van der Waals surface area contributed by atoms with E-state index in [4.69, 9.17) is 15.0 Å². The van der Waals surface area contributed by atoms with Gasteiger partial charge in [0, 0.05) is 71.9 Å². The minimum Gasteiger partial charge on any atom is -0.312 e. The largest absolute Gasteiger partial charge is 0.312 e. The van der Waals surface area contributed by atoms with Gasteiger partial charge in [0.05, 0.1) is 44.1 Å². The maximum atomic E-state index is 5.71. The number of hydrogen-bond donors (Lipinski definition) is 0. The summed E-state index contributed by atoms with van der Waals surface area (Å²) in [6.07, 6.45) is 5.69. The molecule has 1 aliphatic rings. The molecule has 0 radical (unpaired) electrons. The molecular formula is C70H47N7. The molecule has 16 rings (SSSR count). The summed E-state index contributed by atoms with van der Waals surface area (Å²) in [7, 11) is 0. The van der Waals surface area contributed by atoms with Crippen LogP contribution in [0.3, 0.4) is 0 Å². The zero-order valence-corrected chi connectivity index (χ0v) is 42.1. The number of nitrogens with zero attached hydrogens (tertiary/aromatic N) is 7. The predicted molar refractivity (Wildman–Crippen MR) is 318 cm³/mol. The number of aromatic nitrogens is 7. The highest BCUT2D eigenvalue weighted by Crippen LogP contribution is 2.48. The molecule has 7 nitrogen and oxygen atoms in total. The Morgan fingerprint density at radius 2 is 0.805 bits per heavy atom. The van der Waals surface area contributed by atoms with Crippen LogP contribution >= 0.6 is 0 Å². The third-order valence-electron chi connectivity index (χ3n) is 16.2. The normalized spacial score (nSPS) is 15.0. The summed E-state index contributed by atoms with van der Waals surface area (Å²) in [6, 6.07) is 87.0. The van der Waals surface area contributed by atoms with E-state index in [1.807, 2.05) is 6.07 Å². The Labute approximate surface area is 443 Å². The number of hydrogen-bond acceptors (Lipinski definition) is 3. The van der Waals surface area contributed by atoms with Crippen molar-refractivity contribution in [3.05, 3.63) is 266 Å². The van der Waals surface area contributed by atoms with Gasteiger partial charge in [0.2, 0.25) is 11.9 Å². The van der Waals surface area contributed by atoms with Gasteiger partial charge >= 0.3 is 0 Å². The molecule has 0 amide bonds. The van der Waals surface area contributed by atoms with E-state index >= 15 is 0 Å². The van der Waals surface area contributed by atoms with Gasteiger partial charge in [-0.1, -0.05) is 213 Å². The molecule has 10 aromatic carbocycles. The molecule has 362 valence electrons. The average molecular weight is 986 g/mol. The fourth-order valence-electron chi connectivity index (χ4n) is 12.8. The van der Waals surface area contributed by atoms with Crippen molar-refractivity contribution in [2.75, 3.05) is 0 Å². The highest BCUT2D eigenvalue weighted by molar-refractivity contribution is 6.27. The Bertz CT molecular complexity index is 4940. The summed E-state index contributed by atoms with van der Waals surface area (Å²) >= 11 is 0. The van der Waals surface area contributed by atoms with E-state index in [0.717, 1.165) is 83.2 Å². The number of allylic oxidation sites excluding steroid dienone is 4. The molecule has 0 bridgehead atoms. The summed E-state index contributed by atoms with van der Waals surface area (Å²) in [5, 5.41) is 9.24. The lowest BCUT2D eigenvalue weighted by Crippen LogP contribution is -2.24. The Morgan fingerprint density at radius 1 is 0.351 bits per heavy atom. The Morgan fingerprint density at radius 3 is 1.43 bits per heavy atom. The number of para-hydroxylation sites is 5. The van der Waals surface area contributed by atoms with Crippen molar-refractivity contribution in [1.82, 2.24) is 33.2 Å². The first-order chi connectivity index (χ1) is 38.1. The summed E-state index contributed by atoms with van der Waals surface area (Å²) in [6.45, 7) is 2.39. The van der Waals surface area contributed by atoms with Gasteiger partial charge in [0.25, 0.3) is 0 Å². The summed E-state index contributed by atoms with van der Waals surface area (Å²) < 4.78 is 9.52. The van der Waals surface area contributed by atoms with E-state index in [9.17, 15) is 0 Å². The quantitative estimate of drug-likeness (QED) is 0.160. The SMILES string of the molecule is CC1(c2ccccc2)C=C(c2ccccc2)C=C(n2c3ccccc3c3ccc4c(c5ccccc5n4-c4nc(-c5ccccc5)nc(-n5c6ccccc6c6ccc7c8ccccc8n(-c8ccccc8)c7c65)n4)c32)C1.